The number of halogens is 2. The van der Waals surface area contributed by atoms with Crippen molar-refractivity contribution in [2.24, 2.45) is 4.99 Å². The van der Waals surface area contributed by atoms with Gasteiger partial charge in [-0.25, -0.2) is 0 Å². The van der Waals surface area contributed by atoms with E-state index >= 15 is 0 Å². The lowest BCUT2D eigenvalue weighted by Gasteiger charge is -2.36. The number of guanidine groups is 1. The summed E-state index contributed by atoms with van der Waals surface area (Å²) in [5, 5.41) is 8.15. The predicted octanol–water partition coefficient (Wildman–Crippen LogP) is 2.84. The van der Waals surface area contributed by atoms with Gasteiger partial charge in [-0.2, -0.15) is 0 Å². The molecular formula is C17H23ClIN5O. The molecule has 0 bridgehead atoms. The Hall–Kier alpha value is -1.32. The maximum absolute atomic E-state index is 5.92. The van der Waals surface area contributed by atoms with Crippen molar-refractivity contribution in [3.05, 3.63) is 52.9 Å². The average Bonchev–Trinajstić information content (AvgIpc) is 3.11. The van der Waals surface area contributed by atoms with Crippen LogP contribution >= 0.6 is 35.6 Å². The monoisotopic (exact) mass is 475 g/mol. The molecule has 3 rings (SSSR count). The van der Waals surface area contributed by atoms with Gasteiger partial charge in [0, 0.05) is 57.4 Å². The molecule has 0 aliphatic carbocycles. The van der Waals surface area contributed by atoms with E-state index in [0.29, 0.717) is 0 Å². The minimum absolute atomic E-state index is 0. The molecule has 0 spiro atoms. The van der Waals surface area contributed by atoms with Crippen molar-refractivity contribution in [3.8, 4) is 0 Å². The Morgan fingerprint density at radius 3 is 2.52 bits per heavy atom. The molecular weight excluding hydrogens is 453 g/mol. The molecule has 1 N–H and O–H groups in total. The lowest BCUT2D eigenvalue weighted by Crippen LogP contribution is -2.52. The number of nitrogens with zero attached hydrogens (tertiary/aromatic N) is 4. The van der Waals surface area contributed by atoms with E-state index in [0.717, 1.165) is 55.9 Å². The molecule has 0 amide bonds. The molecule has 0 atom stereocenters. The summed E-state index contributed by atoms with van der Waals surface area (Å²) in [6.45, 7) is 5.42. The molecule has 0 unspecified atom stereocenters. The summed E-state index contributed by atoms with van der Waals surface area (Å²) in [6.07, 6.45) is 1.62. The van der Waals surface area contributed by atoms with Crippen LogP contribution in [0.2, 0.25) is 5.02 Å². The van der Waals surface area contributed by atoms with Crippen LogP contribution in [-0.2, 0) is 13.1 Å². The van der Waals surface area contributed by atoms with Gasteiger partial charge in [0.05, 0.1) is 5.69 Å². The van der Waals surface area contributed by atoms with Crippen molar-refractivity contribution >= 4 is 41.5 Å². The van der Waals surface area contributed by atoms with Crippen LogP contribution in [0.4, 0.5) is 0 Å². The Morgan fingerprint density at radius 1 is 1.20 bits per heavy atom. The van der Waals surface area contributed by atoms with E-state index in [1.54, 1.807) is 6.26 Å². The Bertz CT molecular complexity index is 654. The highest BCUT2D eigenvalue weighted by Crippen LogP contribution is 2.10. The lowest BCUT2D eigenvalue weighted by atomic mass is 10.2. The molecule has 1 fully saturated rings. The summed E-state index contributed by atoms with van der Waals surface area (Å²) < 4.78 is 4.89. The molecule has 1 aliphatic heterocycles. The maximum atomic E-state index is 5.92. The van der Waals surface area contributed by atoms with Crippen molar-refractivity contribution in [1.29, 1.82) is 0 Å². The molecule has 2 aromatic rings. The van der Waals surface area contributed by atoms with E-state index in [9.17, 15) is 0 Å². The van der Waals surface area contributed by atoms with Crippen molar-refractivity contribution in [2.75, 3.05) is 33.2 Å². The maximum Gasteiger partial charge on any atom is 0.194 e. The van der Waals surface area contributed by atoms with E-state index in [1.165, 1.54) is 5.56 Å². The smallest absolute Gasteiger partial charge is 0.194 e. The summed E-state index contributed by atoms with van der Waals surface area (Å²) in [5.41, 5.74) is 2.17. The summed E-state index contributed by atoms with van der Waals surface area (Å²) in [6, 6.07) is 9.78. The van der Waals surface area contributed by atoms with E-state index in [-0.39, 0.29) is 24.0 Å². The number of nitrogens with one attached hydrogen (secondary N) is 1. The van der Waals surface area contributed by atoms with Crippen LogP contribution in [0, 0.1) is 0 Å². The third kappa shape index (κ3) is 5.86. The molecule has 1 aromatic carbocycles. The Balaban J connectivity index is 0.00000225. The number of rotatable bonds is 4. The first-order chi connectivity index (χ1) is 11.7. The first kappa shape index (κ1) is 20.0. The van der Waals surface area contributed by atoms with Crippen LogP contribution in [0.1, 0.15) is 11.3 Å². The summed E-state index contributed by atoms with van der Waals surface area (Å²) >= 11 is 5.92. The number of piperazine rings is 1. The van der Waals surface area contributed by atoms with Crippen LogP contribution in [-0.4, -0.2) is 54.1 Å². The van der Waals surface area contributed by atoms with E-state index in [4.69, 9.17) is 16.1 Å². The van der Waals surface area contributed by atoms with Gasteiger partial charge in [0.15, 0.2) is 5.96 Å². The van der Waals surface area contributed by atoms with E-state index in [2.05, 4.69) is 25.3 Å². The molecule has 1 aliphatic rings. The highest BCUT2D eigenvalue weighted by atomic mass is 127. The van der Waals surface area contributed by atoms with Crippen LogP contribution in [0.15, 0.2) is 46.1 Å². The van der Waals surface area contributed by atoms with Gasteiger partial charge >= 0.3 is 0 Å². The summed E-state index contributed by atoms with van der Waals surface area (Å²) in [5.74, 6) is 0.936. The van der Waals surface area contributed by atoms with Crippen LogP contribution in [0.25, 0.3) is 0 Å². The van der Waals surface area contributed by atoms with Crippen LogP contribution in [0.5, 0.6) is 0 Å². The molecule has 25 heavy (non-hydrogen) atoms. The molecule has 0 radical (unpaired) electrons. The van der Waals surface area contributed by atoms with Gasteiger partial charge in [-0.1, -0.05) is 28.9 Å². The quantitative estimate of drug-likeness (QED) is 0.419. The van der Waals surface area contributed by atoms with Gasteiger partial charge in [0.2, 0.25) is 0 Å². The third-order valence-corrected chi connectivity index (χ3v) is 4.38. The minimum Gasteiger partial charge on any atom is -0.364 e. The Labute approximate surface area is 170 Å². The zero-order chi connectivity index (χ0) is 16.8. The standard InChI is InChI=1S/C17H22ClN5O.HI/c1-19-17(20-12-14-2-4-15(18)5-3-14)23-9-7-22(8-10-23)13-16-6-11-24-21-16;/h2-6,11H,7-10,12-13H2,1H3,(H,19,20);1H. The molecule has 1 aromatic heterocycles. The number of benzene rings is 1. The van der Waals surface area contributed by atoms with E-state index in [1.807, 2.05) is 37.4 Å². The second kappa shape index (κ2) is 9.98. The Kier molecular flexibility index (Phi) is 7.98. The SMILES string of the molecule is CN=C(NCc1ccc(Cl)cc1)N1CCN(Cc2ccon2)CC1.I. The molecule has 0 saturated carbocycles. The van der Waals surface area contributed by atoms with Crippen molar-refractivity contribution in [1.82, 2.24) is 20.3 Å². The topological polar surface area (TPSA) is 56.9 Å². The molecule has 1 saturated heterocycles. The van der Waals surface area contributed by atoms with Crippen LogP contribution in [0.3, 0.4) is 0 Å². The summed E-state index contributed by atoms with van der Waals surface area (Å²) in [4.78, 5) is 9.07. The lowest BCUT2D eigenvalue weighted by molar-refractivity contribution is 0.169. The van der Waals surface area contributed by atoms with Gasteiger partial charge in [0.1, 0.15) is 6.26 Å². The number of hydrogen-bond acceptors (Lipinski definition) is 4. The van der Waals surface area contributed by atoms with Crippen LogP contribution < -0.4 is 5.32 Å². The van der Waals surface area contributed by atoms with Crippen molar-refractivity contribution in [3.63, 3.8) is 0 Å². The predicted molar refractivity (Wildman–Crippen MR) is 110 cm³/mol. The first-order valence-corrected chi connectivity index (χ1v) is 8.44. The molecule has 6 nitrogen and oxygen atoms in total. The normalized spacial score (nSPS) is 15.8. The second-order valence-corrected chi connectivity index (χ2v) is 6.22. The highest BCUT2D eigenvalue weighted by molar-refractivity contribution is 14.0. The highest BCUT2D eigenvalue weighted by Gasteiger charge is 2.20. The fourth-order valence-electron chi connectivity index (χ4n) is 2.78. The third-order valence-electron chi connectivity index (χ3n) is 4.12. The van der Waals surface area contributed by atoms with Gasteiger partial charge in [-0.15, -0.1) is 24.0 Å². The summed E-state index contributed by atoms with van der Waals surface area (Å²) in [7, 11) is 1.83. The fraction of sp³-hybridized carbons (Fsp3) is 0.412. The van der Waals surface area contributed by atoms with Gasteiger partial charge in [0.25, 0.3) is 0 Å². The molecule has 8 heteroatoms. The number of aromatic nitrogens is 1. The second-order valence-electron chi connectivity index (χ2n) is 5.78. The zero-order valence-electron chi connectivity index (χ0n) is 14.2. The zero-order valence-corrected chi connectivity index (χ0v) is 17.3. The van der Waals surface area contributed by atoms with Crippen molar-refractivity contribution in [2.45, 2.75) is 13.1 Å². The molecule has 136 valence electrons. The first-order valence-electron chi connectivity index (χ1n) is 8.06. The average molecular weight is 476 g/mol. The fourth-order valence-corrected chi connectivity index (χ4v) is 2.91. The van der Waals surface area contributed by atoms with Gasteiger partial charge in [-0.05, 0) is 17.7 Å². The molecule has 2 heterocycles. The number of aliphatic imine (C=N–C) groups is 1. The van der Waals surface area contributed by atoms with Crippen molar-refractivity contribution < 1.29 is 4.52 Å². The van der Waals surface area contributed by atoms with E-state index < -0.39 is 0 Å². The largest absolute Gasteiger partial charge is 0.364 e. The minimum atomic E-state index is 0. The Morgan fingerprint density at radius 2 is 1.92 bits per heavy atom. The van der Waals surface area contributed by atoms with Gasteiger partial charge in [-0.3, -0.25) is 9.89 Å². The van der Waals surface area contributed by atoms with Gasteiger partial charge < -0.3 is 14.7 Å². The number of hydrogen-bond donors (Lipinski definition) is 1.